The standard InChI is InChI=1S/C13H17FO/c1-9(2)11-5-4-10(8-12(11)14)13(15)6-3-7-13/h4-5,8-9,15H,3,6-7H2,1-2H3. The molecule has 1 aliphatic carbocycles. The summed E-state index contributed by atoms with van der Waals surface area (Å²) >= 11 is 0. The Labute approximate surface area is 89.9 Å². The van der Waals surface area contributed by atoms with E-state index >= 15 is 0 Å². The molecule has 1 fully saturated rings. The largest absolute Gasteiger partial charge is 0.385 e. The molecule has 0 saturated heterocycles. The van der Waals surface area contributed by atoms with E-state index < -0.39 is 5.60 Å². The van der Waals surface area contributed by atoms with Crippen LogP contribution >= 0.6 is 0 Å². The molecule has 1 nitrogen and oxygen atoms in total. The van der Waals surface area contributed by atoms with E-state index in [2.05, 4.69) is 0 Å². The lowest BCUT2D eigenvalue weighted by molar-refractivity contribution is -0.0390. The second-order valence-corrected chi connectivity index (χ2v) is 4.78. The first-order valence-corrected chi connectivity index (χ1v) is 5.55. The molecule has 2 rings (SSSR count). The lowest BCUT2D eigenvalue weighted by Gasteiger charge is -2.37. The summed E-state index contributed by atoms with van der Waals surface area (Å²) in [6.45, 7) is 3.94. The summed E-state index contributed by atoms with van der Waals surface area (Å²) in [5.41, 5.74) is 0.702. The van der Waals surface area contributed by atoms with Crippen molar-refractivity contribution in [2.45, 2.75) is 44.6 Å². The van der Waals surface area contributed by atoms with Crippen molar-refractivity contribution in [3.63, 3.8) is 0 Å². The van der Waals surface area contributed by atoms with Crippen molar-refractivity contribution >= 4 is 0 Å². The fourth-order valence-electron chi connectivity index (χ4n) is 2.09. The highest BCUT2D eigenvalue weighted by Gasteiger charge is 2.36. The number of hydrogen-bond donors (Lipinski definition) is 1. The molecule has 0 aromatic heterocycles. The minimum atomic E-state index is -0.754. The zero-order chi connectivity index (χ0) is 11.1. The van der Waals surface area contributed by atoms with Gasteiger partial charge in [-0.15, -0.1) is 0 Å². The monoisotopic (exact) mass is 208 g/mol. The highest BCUT2D eigenvalue weighted by Crippen LogP contribution is 2.41. The summed E-state index contributed by atoms with van der Waals surface area (Å²) in [6.07, 6.45) is 2.55. The van der Waals surface area contributed by atoms with E-state index in [1.807, 2.05) is 19.9 Å². The average molecular weight is 208 g/mol. The van der Waals surface area contributed by atoms with Crippen LogP contribution in [0.25, 0.3) is 0 Å². The van der Waals surface area contributed by atoms with Gasteiger partial charge in [-0.2, -0.15) is 0 Å². The van der Waals surface area contributed by atoms with Crippen molar-refractivity contribution < 1.29 is 9.50 Å². The van der Waals surface area contributed by atoms with Gasteiger partial charge < -0.3 is 5.11 Å². The second-order valence-electron chi connectivity index (χ2n) is 4.78. The van der Waals surface area contributed by atoms with Crippen molar-refractivity contribution in [1.29, 1.82) is 0 Å². The summed E-state index contributed by atoms with van der Waals surface area (Å²) in [4.78, 5) is 0. The van der Waals surface area contributed by atoms with Gasteiger partial charge in [0.25, 0.3) is 0 Å². The summed E-state index contributed by atoms with van der Waals surface area (Å²) < 4.78 is 13.7. The van der Waals surface area contributed by atoms with E-state index in [0.717, 1.165) is 30.4 Å². The normalized spacial score (nSPS) is 19.0. The zero-order valence-corrected chi connectivity index (χ0v) is 9.26. The van der Waals surface area contributed by atoms with Crippen LogP contribution < -0.4 is 0 Å². The van der Waals surface area contributed by atoms with Gasteiger partial charge in [0.1, 0.15) is 5.82 Å². The molecule has 0 unspecified atom stereocenters. The highest BCUT2D eigenvalue weighted by molar-refractivity contribution is 5.31. The first-order valence-electron chi connectivity index (χ1n) is 5.55. The minimum absolute atomic E-state index is 0.190. The minimum Gasteiger partial charge on any atom is -0.385 e. The Balaban J connectivity index is 2.33. The van der Waals surface area contributed by atoms with Gasteiger partial charge >= 0.3 is 0 Å². The Morgan fingerprint density at radius 1 is 1.33 bits per heavy atom. The Kier molecular flexibility index (Phi) is 2.55. The number of hydrogen-bond acceptors (Lipinski definition) is 1. The zero-order valence-electron chi connectivity index (χ0n) is 9.26. The quantitative estimate of drug-likeness (QED) is 0.790. The predicted molar refractivity (Wildman–Crippen MR) is 58.2 cm³/mol. The summed E-state index contributed by atoms with van der Waals surface area (Å²) in [5, 5.41) is 10.1. The van der Waals surface area contributed by atoms with Crippen molar-refractivity contribution in [3.05, 3.63) is 35.1 Å². The molecule has 0 atom stereocenters. The van der Waals surface area contributed by atoms with Crippen molar-refractivity contribution in [2.24, 2.45) is 0 Å². The third-order valence-corrected chi connectivity index (χ3v) is 3.34. The summed E-state index contributed by atoms with van der Waals surface area (Å²) in [5.74, 6) is -0.00194. The maximum atomic E-state index is 13.7. The van der Waals surface area contributed by atoms with Crippen LogP contribution in [0.2, 0.25) is 0 Å². The van der Waals surface area contributed by atoms with E-state index in [1.54, 1.807) is 6.07 Å². The molecule has 1 aromatic carbocycles. The Morgan fingerprint density at radius 2 is 2.00 bits per heavy atom. The van der Waals surface area contributed by atoms with E-state index in [0.29, 0.717) is 0 Å². The predicted octanol–water partition coefficient (Wildman–Crippen LogP) is 3.32. The topological polar surface area (TPSA) is 20.2 Å². The number of benzene rings is 1. The molecular formula is C13H17FO. The molecule has 0 radical (unpaired) electrons. The van der Waals surface area contributed by atoms with Gasteiger partial charge in [-0.3, -0.25) is 0 Å². The maximum absolute atomic E-state index is 13.7. The van der Waals surface area contributed by atoms with Crippen LogP contribution in [0, 0.1) is 5.82 Å². The Hall–Kier alpha value is -0.890. The third-order valence-electron chi connectivity index (χ3n) is 3.34. The van der Waals surface area contributed by atoms with E-state index in [1.165, 1.54) is 6.07 Å². The Bertz CT molecular complexity index is 367. The van der Waals surface area contributed by atoms with Crippen LogP contribution in [0.4, 0.5) is 4.39 Å². The second kappa shape index (κ2) is 3.60. The molecule has 1 aliphatic rings. The third kappa shape index (κ3) is 1.78. The molecule has 0 aliphatic heterocycles. The molecule has 2 heteroatoms. The van der Waals surface area contributed by atoms with Crippen LogP contribution in [0.15, 0.2) is 18.2 Å². The van der Waals surface area contributed by atoms with Gasteiger partial charge in [-0.05, 0) is 42.4 Å². The van der Waals surface area contributed by atoms with Gasteiger partial charge in [-0.1, -0.05) is 26.0 Å². The molecule has 0 amide bonds. The lowest BCUT2D eigenvalue weighted by atomic mass is 9.75. The van der Waals surface area contributed by atoms with E-state index in [-0.39, 0.29) is 11.7 Å². The smallest absolute Gasteiger partial charge is 0.127 e. The molecule has 0 bridgehead atoms. The first kappa shape index (κ1) is 10.6. The van der Waals surface area contributed by atoms with Crippen molar-refractivity contribution in [2.75, 3.05) is 0 Å². The number of rotatable bonds is 2. The molecule has 0 heterocycles. The summed E-state index contributed by atoms with van der Waals surface area (Å²) in [6, 6.07) is 5.15. The van der Waals surface area contributed by atoms with Gasteiger partial charge in [0.2, 0.25) is 0 Å². The molecule has 1 aromatic rings. The molecule has 15 heavy (non-hydrogen) atoms. The van der Waals surface area contributed by atoms with Crippen LogP contribution in [0.3, 0.4) is 0 Å². The van der Waals surface area contributed by atoms with Gasteiger partial charge in [0.15, 0.2) is 0 Å². The van der Waals surface area contributed by atoms with Gasteiger partial charge in [0.05, 0.1) is 5.60 Å². The summed E-state index contributed by atoms with van der Waals surface area (Å²) in [7, 11) is 0. The van der Waals surface area contributed by atoms with Crippen LogP contribution in [-0.2, 0) is 5.60 Å². The molecule has 1 N–H and O–H groups in total. The fraction of sp³-hybridized carbons (Fsp3) is 0.538. The molecule has 82 valence electrons. The van der Waals surface area contributed by atoms with Crippen LogP contribution in [-0.4, -0.2) is 5.11 Å². The SMILES string of the molecule is CC(C)c1ccc(C2(O)CCC2)cc1F. The lowest BCUT2D eigenvalue weighted by Crippen LogP contribution is -2.33. The van der Waals surface area contributed by atoms with Crippen LogP contribution in [0.5, 0.6) is 0 Å². The van der Waals surface area contributed by atoms with Crippen molar-refractivity contribution in [3.8, 4) is 0 Å². The van der Waals surface area contributed by atoms with Gasteiger partial charge in [0, 0.05) is 0 Å². The van der Waals surface area contributed by atoms with E-state index in [9.17, 15) is 9.50 Å². The van der Waals surface area contributed by atoms with Crippen molar-refractivity contribution in [1.82, 2.24) is 0 Å². The molecule has 0 spiro atoms. The molecular weight excluding hydrogens is 191 g/mol. The van der Waals surface area contributed by atoms with Crippen LogP contribution in [0.1, 0.15) is 50.2 Å². The first-order chi connectivity index (χ1) is 7.03. The number of halogens is 1. The van der Waals surface area contributed by atoms with Gasteiger partial charge in [-0.25, -0.2) is 4.39 Å². The highest BCUT2D eigenvalue weighted by atomic mass is 19.1. The Morgan fingerprint density at radius 3 is 2.40 bits per heavy atom. The fourth-order valence-corrected chi connectivity index (χ4v) is 2.09. The molecule has 1 saturated carbocycles. The number of aliphatic hydroxyl groups is 1. The average Bonchev–Trinajstić information content (AvgIpc) is 2.13. The van der Waals surface area contributed by atoms with E-state index in [4.69, 9.17) is 0 Å². The maximum Gasteiger partial charge on any atom is 0.127 e.